The average molecular weight is 274 g/mol. The first-order valence-electron chi connectivity index (χ1n) is 7.09. The lowest BCUT2D eigenvalue weighted by Gasteiger charge is -2.19. The molecule has 0 bridgehead atoms. The lowest BCUT2D eigenvalue weighted by Crippen LogP contribution is -2.37. The van der Waals surface area contributed by atoms with Crippen LogP contribution in [0.3, 0.4) is 0 Å². The van der Waals surface area contributed by atoms with E-state index in [1.165, 1.54) is 0 Å². The maximum Gasteiger partial charge on any atom is 0.323 e. The maximum atomic E-state index is 11.7. The van der Waals surface area contributed by atoms with Gasteiger partial charge in [0.2, 0.25) is 0 Å². The highest BCUT2D eigenvalue weighted by Crippen LogP contribution is 2.16. The van der Waals surface area contributed by atoms with Crippen LogP contribution in [0.5, 0.6) is 0 Å². The fourth-order valence-corrected chi connectivity index (χ4v) is 1.82. The van der Waals surface area contributed by atoms with Crippen LogP contribution in [0.4, 0.5) is 0 Å². The predicted octanol–water partition coefficient (Wildman–Crippen LogP) is 2.06. The molecular formula is C14H26O5. The smallest absolute Gasteiger partial charge is 0.323 e. The molecule has 0 spiro atoms. The number of carbonyl (C=O) groups excluding carboxylic acids is 2. The fraction of sp³-hybridized carbons (Fsp3) is 0.857. The Morgan fingerprint density at radius 1 is 0.947 bits per heavy atom. The van der Waals surface area contributed by atoms with Crippen LogP contribution in [-0.4, -0.2) is 36.4 Å². The van der Waals surface area contributed by atoms with Crippen molar-refractivity contribution in [3.05, 3.63) is 0 Å². The second-order valence-corrected chi connectivity index (χ2v) is 4.40. The van der Waals surface area contributed by atoms with E-state index in [0.29, 0.717) is 6.42 Å². The summed E-state index contributed by atoms with van der Waals surface area (Å²) in [5.41, 5.74) is 0. The van der Waals surface area contributed by atoms with Crippen LogP contribution in [0, 0.1) is 5.92 Å². The summed E-state index contributed by atoms with van der Waals surface area (Å²) in [4.78, 5) is 23.4. The van der Waals surface area contributed by atoms with E-state index >= 15 is 0 Å². The van der Waals surface area contributed by atoms with Crippen LogP contribution in [0.25, 0.3) is 0 Å². The molecular weight excluding hydrogens is 248 g/mol. The van der Waals surface area contributed by atoms with Gasteiger partial charge in [-0.3, -0.25) is 9.59 Å². The van der Waals surface area contributed by atoms with Gasteiger partial charge in [-0.1, -0.05) is 32.6 Å². The highest BCUT2D eigenvalue weighted by molar-refractivity contribution is 5.95. The van der Waals surface area contributed by atoms with Gasteiger partial charge in [0, 0.05) is 0 Å². The van der Waals surface area contributed by atoms with Crippen molar-refractivity contribution in [1.82, 2.24) is 0 Å². The Balaban J connectivity index is 4.45. The van der Waals surface area contributed by atoms with Crippen molar-refractivity contribution in [2.45, 2.75) is 59.0 Å². The Morgan fingerprint density at radius 2 is 1.47 bits per heavy atom. The zero-order valence-corrected chi connectivity index (χ0v) is 12.2. The molecule has 0 aromatic heterocycles. The molecule has 19 heavy (non-hydrogen) atoms. The minimum atomic E-state index is -1.22. The molecule has 0 aromatic rings. The summed E-state index contributed by atoms with van der Waals surface area (Å²) in [6.07, 6.45) is 3.30. The van der Waals surface area contributed by atoms with Gasteiger partial charge in [0.15, 0.2) is 5.92 Å². The van der Waals surface area contributed by atoms with Gasteiger partial charge < -0.3 is 14.6 Å². The molecule has 5 nitrogen and oxygen atoms in total. The molecule has 1 atom stereocenters. The van der Waals surface area contributed by atoms with Crippen LogP contribution in [0.15, 0.2) is 0 Å². The summed E-state index contributed by atoms with van der Waals surface area (Å²) in [5, 5.41) is 10.0. The maximum absolute atomic E-state index is 11.7. The Morgan fingerprint density at radius 3 is 1.89 bits per heavy atom. The van der Waals surface area contributed by atoms with Gasteiger partial charge in [0.25, 0.3) is 0 Å². The van der Waals surface area contributed by atoms with Crippen molar-refractivity contribution < 1.29 is 24.2 Å². The topological polar surface area (TPSA) is 72.8 Å². The van der Waals surface area contributed by atoms with Gasteiger partial charge in [0.05, 0.1) is 19.3 Å². The Labute approximate surface area is 115 Å². The van der Waals surface area contributed by atoms with Crippen molar-refractivity contribution in [1.29, 1.82) is 0 Å². The monoisotopic (exact) mass is 274 g/mol. The van der Waals surface area contributed by atoms with Crippen LogP contribution in [0.2, 0.25) is 0 Å². The standard InChI is InChI=1S/C14H26O5/c1-4-7-8-9-10-11(15)12(13(16)18-5-2)14(17)19-6-3/h11-12,15H,4-10H2,1-3H3. The molecule has 0 saturated carbocycles. The van der Waals surface area contributed by atoms with E-state index < -0.39 is 24.0 Å². The van der Waals surface area contributed by atoms with E-state index in [0.717, 1.165) is 25.7 Å². The number of aliphatic hydroxyl groups excluding tert-OH is 1. The lowest BCUT2D eigenvalue weighted by molar-refractivity contribution is -0.167. The molecule has 0 aliphatic heterocycles. The molecule has 0 aliphatic rings. The summed E-state index contributed by atoms with van der Waals surface area (Å²) >= 11 is 0. The summed E-state index contributed by atoms with van der Waals surface area (Å²) in [7, 11) is 0. The predicted molar refractivity (Wildman–Crippen MR) is 71.5 cm³/mol. The average Bonchev–Trinajstić information content (AvgIpc) is 2.35. The van der Waals surface area contributed by atoms with E-state index in [-0.39, 0.29) is 13.2 Å². The molecule has 5 heteroatoms. The number of unbranched alkanes of at least 4 members (excludes halogenated alkanes) is 3. The van der Waals surface area contributed by atoms with E-state index in [4.69, 9.17) is 9.47 Å². The molecule has 0 heterocycles. The van der Waals surface area contributed by atoms with Crippen molar-refractivity contribution >= 4 is 11.9 Å². The second kappa shape index (κ2) is 10.8. The van der Waals surface area contributed by atoms with Crippen LogP contribution in [0.1, 0.15) is 52.9 Å². The minimum absolute atomic E-state index is 0.178. The summed E-state index contributed by atoms with van der Waals surface area (Å²) in [5.74, 6) is -2.63. The molecule has 0 saturated heterocycles. The van der Waals surface area contributed by atoms with Crippen molar-refractivity contribution in [2.24, 2.45) is 5.92 Å². The van der Waals surface area contributed by atoms with Gasteiger partial charge in [-0.25, -0.2) is 0 Å². The first-order valence-corrected chi connectivity index (χ1v) is 7.09. The number of esters is 2. The van der Waals surface area contributed by atoms with E-state index in [1.807, 2.05) is 0 Å². The molecule has 0 fully saturated rings. The number of rotatable bonds is 10. The van der Waals surface area contributed by atoms with E-state index in [2.05, 4.69) is 6.92 Å². The summed E-state index contributed by atoms with van der Waals surface area (Å²) in [6, 6.07) is 0. The zero-order chi connectivity index (χ0) is 14.7. The van der Waals surface area contributed by atoms with E-state index in [9.17, 15) is 14.7 Å². The first kappa shape index (κ1) is 17.9. The molecule has 0 aliphatic carbocycles. The van der Waals surface area contributed by atoms with Gasteiger partial charge in [-0.2, -0.15) is 0 Å². The molecule has 0 amide bonds. The third kappa shape index (κ3) is 7.15. The van der Waals surface area contributed by atoms with Crippen molar-refractivity contribution in [2.75, 3.05) is 13.2 Å². The number of aliphatic hydroxyl groups is 1. The molecule has 1 unspecified atom stereocenters. The molecule has 112 valence electrons. The van der Waals surface area contributed by atoms with Crippen LogP contribution in [-0.2, 0) is 19.1 Å². The number of hydrogen-bond acceptors (Lipinski definition) is 5. The Bertz CT molecular complexity index is 247. The SMILES string of the molecule is CCCCCCC(O)C(C(=O)OCC)C(=O)OCC. The molecule has 0 aromatic carbocycles. The first-order chi connectivity index (χ1) is 9.08. The number of hydrogen-bond donors (Lipinski definition) is 1. The van der Waals surface area contributed by atoms with E-state index in [1.54, 1.807) is 13.8 Å². The van der Waals surface area contributed by atoms with Crippen LogP contribution < -0.4 is 0 Å². The number of ether oxygens (including phenoxy) is 2. The zero-order valence-electron chi connectivity index (χ0n) is 12.2. The van der Waals surface area contributed by atoms with Crippen molar-refractivity contribution in [3.63, 3.8) is 0 Å². The largest absolute Gasteiger partial charge is 0.465 e. The van der Waals surface area contributed by atoms with Gasteiger partial charge in [0.1, 0.15) is 0 Å². The lowest BCUT2D eigenvalue weighted by atomic mass is 9.97. The quantitative estimate of drug-likeness (QED) is 0.375. The molecule has 1 N–H and O–H groups in total. The summed E-state index contributed by atoms with van der Waals surface area (Å²) in [6.45, 7) is 5.77. The fourth-order valence-electron chi connectivity index (χ4n) is 1.82. The van der Waals surface area contributed by atoms with Gasteiger partial charge >= 0.3 is 11.9 Å². The second-order valence-electron chi connectivity index (χ2n) is 4.40. The summed E-state index contributed by atoms with van der Waals surface area (Å²) < 4.78 is 9.64. The third-order valence-electron chi connectivity index (χ3n) is 2.82. The molecule has 0 rings (SSSR count). The van der Waals surface area contributed by atoms with Gasteiger partial charge in [-0.05, 0) is 20.3 Å². The Hall–Kier alpha value is -1.10. The Kier molecular flexibility index (Phi) is 10.2. The van der Waals surface area contributed by atoms with Crippen molar-refractivity contribution in [3.8, 4) is 0 Å². The highest BCUT2D eigenvalue weighted by Gasteiger charge is 2.36. The highest BCUT2D eigenvalue weighted by atomic mass is 16.6. The normalized spacial score (nSPS) is 12.3. The minimum Gasteiger partial charge on any atom is -0.465 e. The third-order valence-corrected chi connectivity index (χ3v) is 2.82. The molecule has 0 radical (unpaired) electrons. The van der Waals surface area contributed by atoms with Gasteiger partial charge in [-0.15, -0.1) is 0 Å². The van der Waals surface area contributed by atoms with Crippen LogP contribution >= 0.6 is 0 Å². The number of carbonyl (C=O) groups is 2.